The minimum Gasteiger partial charge on any atom is -0.337 e. The molecule has 0 radical (unpaired) electrons. The smallest absolute Gasteiger partial charge is 0.233 e. The number of likely N-dealkylation sites (tertiary alicyclic amines) is 1. The van der Waals surface area contributed by atoms with Crippen molar-refractivity contribution < 1.29 is 4.79 Å². The van der Waals surface area contributed by atoms with Gasteiger partial charge in [0.15, 0.2) is 10.8 Å². The fraction of sp³-hybridized carbons (Fsp3) is 0.500. The lowest BCUT2D eigenvalue weighted by Gasteiger charge is -2.39. The van der Waals surface area contributed by atoms with Crippen LogP contribution in [0.1, 0.15) is 49.8 Å². The number of fused-ring (bicyclic) bond motifs is 3. The Labute approximate surface area is 170 Å². The maximum absolute atomic E-state index is 12.9. The van der Waals surface area contributed by atoms with E-state index < -0.39 is 0 Å². The standard InChI is InChI=1S/C22H28N4OS/c1-13-9-10-14(2)20-18(13)11-15(3)21-23-24-22(26(20)21)28-12-19(27)25-16(4)7-6-8-17(25)5/h9-11,16-17H,6-8,12H2,1-5H3/t16-,17+. The Morgan fingerprint density at radius 1 is 1.07 bits per heavy atom. The molecule has 2 atom stereocenters. The summed E-state index contributed by atoms with van der Waals surface area (Å²) in [6.07, 6.45) is 3.39. The lowest BCUT2D eigenvalue weighted by Crippen LogP contribution is -2.48. The number of hydrogen-bond acceptors (Lipinski definition) is 4. The summed E-state index contributed by atoms with van der Waals surface area (Å²) in [6, 6.07) is 7.13. The number of piperidine rings is 1. The minimum atomic E-state index is 0.200. The van der Waals surface area contributed by atoms with Gasteiger partial charge in [0.05, 0.1) is 11.3 Å². The number of aromatic nitrogens is 3. The monoisotopic (exact) mass is 396 g/mol. The Morgan fingerprint density at radius 3 is 2.46 bits per heavy atom. The molecule has 5 nitrogen and oxygen atoms in total. The Balaban J connectivity index is 1.70. The highest BCUT2D eigenvalue weighted by Gasteiger charge is 2.29. The van der Waals surface area contributed by atoms with E-state index in [-0.39, 0.29) is 5.91 Å². The van der Waals surface area contributed by atoms with Crippen molar-refractivity contribution in [2.75, 3.05) is 5.75 Å². The van der Waals surface area contributed by atoms with Crippen LogP contribution in [0.5, 0.6) is 0 Å². The highest BCUT2D eigenvalue weighted by Crippen LogP contribution is 2.30. The van der Waals surface area contributed by atoms with E-state index in [0.29, 0.717) is 17.8 Å². The van der Waals surface area contributed by atoms with E-state index in [1.807, 2.05) is 0 Å². The third-order valence-electron chi connectivity index (χ3n) is 6.01. The molecule has 3 aromatic rings. The molecule has 1 aromatic carbocycles. The van der Waals surface area contributed by atoms with Gasteiger partial charge in [0.2, 0.25) is 5.91 Å². The van der Waals surface area contributed by atoms with Crippen molar-refractivity contribution in [3.63, 3.8) is 0 Å². The minimum absolute atomic E-state index is 0.200. The van der Waals surface area contributed by atoms with Crippen molar-refractivity contribution in [2.24, 2.45) is 0 Å². The quantitative estimate of drug-likeness (QED) is 0.603. The van der Waals surface area contributed by atoms with Crippen molar-refractivity contribution >= 4 is 34.2 Å². The number of pyridine rings is 1. The first-order valence-electron chi connectivity index (χ1n) is 10.1. The van der Waals surface area contributed by atoms with Crippen LogP contribution in [0.15, 0.2) is 23.4 Å². The molecule has 0 bridgehead atoms. The van der Waals surface area contributed by atoms with E-state index >= 15 is 0 Å². The SMILES string of the molecule is Cc1ccc(C)c2c1cc(C)c1nnc(SCC(=O)N3[C@H](C)CCC[C@@H]3C)n12. The molecule has 6 heteroatoms. The number of nitrogens with zero attached hydrogens (tertiary/aromatic N) is 4. The third-order valence-corrected chi connectivity index (χ3v) is 6.93. The predicted molar refractivity (Wildman–Crippen MR) is 115 cm³/mol. The molecule has 0 spiro atoms. The van der Waals surface area contributed by atoms with Crippen molar-refractivity contribution in [3.05, 3.63) is 34.9 Å². The second-order valence-electron chi connectivity index (χ2n) is 8.15. The van der Waals surface area contributed by atoms with Gasteiger partial charge in [-0.2, -0.15) is 0 Å². The zero-order valence-electron chi connectivity index (χ0n) is 17.3. The van der Waals surface area contributed by atoms with Gasteiger partial charge in [-0.05, 0) is 76.6 Å². The second-order valence-corrected chi connectivity index (χ2v) is 9.09. The Morgan fingerprint density at radius 2 is 1.75 bits per heavy atom. The van der Waals surface area contributed by atoms with E-state index in [2.05, 4.69) is 72.3 Å². The predicted octanol–water partition coefficient (Wildman–Crippen LogP) is 4.69. The first-order chi connectivity index (χ1) is 13.4. The molecular formula is C22H28N4OS. The van der Waals surface area contributed by atoms with Crippen LogP contribution in [0.2, 0.25) is 0 Å². The van der Waals surface area contributed by atoms with E-state index in [4.69, 9.17) is 0 Å². The van der Waals surface area contributed by atoms with Crippen molar-refractivity contribution in [2.45, 2.75) is 71.1 Å². The molecule has 148 valence electrons. The van der Waals surface area contributed by atoms with Crippen LogP contribution >= 0.6 is 11.8 Å². The Kier molecular flexibility index (Phi) is 5.08. The van der Waals surface area contributed by atoms with Crippen molar-refractivity contribution in [3.8, 4) is 0 Å². The van der Waals surface area contributed by atoms with Crippen LogP contribution in [0.25, 0.3) is 16.6 Å². The summed E-state index contributed by atoms with van der Waals surface area (Å²) < 4.78 is 2.13. The molecule has 0 unspecified atom stereocenters. The number of thioether (sulfide) groups is 1. The van der Waals surface area contributed by atoms with Gasteiger partial charge >= 0.3 is 0 Å². The molecule has 4 rings (SSSR count). The number of aryl methyl sites for hydroxylation is 3. The number of rotatable bonds is 3. The lowest BCUT2D eigenvalue weighted by atomic mass is 9.98. The van der Waals surface area contributed by atoms with Crippen LogP contribution < -0.4 is 0 Å². The van der Waals surface area contributed by atoms with Crippen molar-refractivity contribution in [1.82, 2.24) is 19.5 Å². The summed E-state index contributed by atoms with van der Waals surface area (Å²) in [4.78, 5) is 15.0. The van der Waals surface area contributed by atoms with E-state index in [1.54, 1.807) is 0 Å². The average molecular weight is 397 g/mol. The van der Waals surface area contributed by atoms with Crippen LogP contribution in [-0.2, 0) is 4.79 Å². The Hall–Kier alpha value is -2.08. The van der Waals surface area contributed by atoms with Crippen LogP contribution in [0, 0.1) is 20.8 Å². The number of hydrogen-bond donors (Lipinski definition) is 0. The van der Waals surface area contributed by atoms with Gasteiger partial charge in [-0.15, -0.1) is 10.2 Å². The summed E-state index contributed by atoms with van der Waals surface area (Å²) in [7, 11) is 0. The third kappa shape index (κ3) is 3.17. The van der Waals surface area contributed by atoms with E-state index in [0.717, 1.165) is 34.7 Å². The van der Waals surface area contributed by atoms with Crippen molar-refractivity contribution in [1.29, 1.82) is 0 Å². The summed E-state index contributed by atoms with van der Waals surface area (Å²) >= 11 is 1.50. The largest absolute Gasteiger partial charge is 0.337 e. The van der Waals surface area contributed by atoms with Gasteiger partial charge in [-0.25, -0.2) is 0 Å². The molecular weight excluding hydrogens is 368 g/mol. The fourth-order valence-electron chi connectivity index (χ4n) is 4.51. The molecule has 1 fully saturated rings. The normalized spacial score (nSPS) is 20.2. The van der Waals surface area contributed by atoms with Crippen LogP contribution in [0.3, 0.4) is 0 Å². The van der Waals surface area contributed by atoms with Gasteiger partial charge in [0, 0.05) is 17.5 Å². The van der Waals surface area contributed by atoms with Gasteiger partial charge in [0.25, 0.3) is 0 Å². The van der Waals surface area contributed by atoms with Crippen LogP contribution in [-0.4, -0.2) is 43.2 Å². The summed E-state index contributed by atoms with van der Waals surface area (Å²) in [5.74, 6) is 0.599. The second kappa shape index (κ2) is 7.39. The number of carbonyl (C=O) groups is 1. The lowest BCUT2D eigenvalue weighted by molar-refractivity contribution is -0.134. The molecule has 1 aliphatic heterocycles. The first kappa shape index (κ1) is 19.2. The number of benzene rings is 1. The zero-order valence-corrected chi connectivity index (χ0v) is 18.1. The van der Waals surface area contributed by atoms with E-state index in [1.165, 1.54) is 34.7 Å². The molecule has 28 heavy (non-hydrogen) atoms. The molecule has 0 aliphatic carbocycles. The molecule has 1 saturated heterocycles. The average Bonchev–Trinajstić information content (AvgIpc) is 3.08. The van der Waals surface area contributed by atoms with E-state index in [9.17, 15) is 4.79 Å². The first-order valence-corrected chi connectivity index (χ1v) is 11.1. The molecule has 1 amide bonds. The molecule has 0 saturated carbocycles. The van der Waals surface area contributed by atoms with Gasteiger partial charge < -0.3 is 4.90 Å². The van der Waals surface area contributed by atoms with Crippen LogP contribution in [0.4, 0.5) is 0 Å². The Bertz CT molecular complexity index is 1050. The highest BCUT2D eigenvalue weighted by molar-refractivity contribution is 7.99. The maximum Gasteiger partial charge on any atom is 0.233 e. The number of amides is 1. The molecule has 1 aliphatic rings. The fourth-order valence-corrected chi connectivity index (χ4v) is 5.32. The van der Waals surface area contributed by atoms with Gasteiger partial charge in [-0.1, -0.05) is 23.9 Å². The van der Waals surface area contributed by atoms with Gasteiger partial charge in [-0.3, -0.25) is 9.20 Å². The topological polar surface area (TPSA) is 50.5 Å². The summed E-state index contributed by atoms with van der Waals surface area (Å²) in [5, 5.41) is 10.9. The highest BCUT2D eigenvalue weighted by atomic mass is 32.2. The van der Waals surface area contributed by atoms with Gasteiger partial charge in [0.1, 0.15) is 0 Å². The zero-order chi connectivity index (χ0) is 20.0. The summed E-state index contributed by atoms with van der Waals surface area (Å²) in [5.41, 5.74) is 5.54. The maximum atomic E-state index is 12.9. The molecule has 0 N–H and O–H groups in total. The molecule has 2 aromatic heterocycles. The summed E-state index contributed by atoms with van der Waals surface area (Å²) in [6.45, 7) is 10.6. The number of carbonyl (C=O) groups excluding carboxylic acids is 1. The molecule has 3 heterocycles.